The highest BCUT2D eigenvalue weighted by Crippen LogP contribution is 2.28. The predicted molar refractivity (Wildman–Crippen MR) is 83.5 cm³/mol. The Morgan fingerprint density at radius 1 is 1.18 bits per heavy atom. The molecule has 0 fully saturated rings. The van der Waals surface area contributed by atoms with E-state index in [9.17, 15) is 9.00 Å². The first-order valence-electron chi connectivity index (χ1n) is 6.54. The number of fused-ring (bicyclic) bond motifs is 1. The lowest BCUT2D eigenvalue weighted by Crippen LogP contribution is -2.17. The molecule has 1 aliphatic rings. The smallest absolute Gasteiger partial charge is 0.258 e. The Hall–Kier alpha value is -2.80. The number of amides is 1. The third-order valence-electron chi connectivity index (χ3n) is 3.44. The zero-order valence-electron chi connectivity index (χ0n) is 11.3. The van der Waals surface area contributed by atoms with Gasteiger partial charge in [0, 0.05) is 35.6 Å². The fraction of sp³-hybridized carbons (Fsp3) is 0. The van der Waals surface area contributed by atoms with Crippen LogP contribution in [0.3, 0.4) is 0 Å². The molecule has 4 rings (SSSR count). The first-order valence-corrected chi connectivity index (χ1v) is 7.69. The van der Waals surface area contributed by atoms with Crippen LogP contribution in [-0.4, -0.2) is 24.9 Å². The van der Waals surface area contributed by atoms with Gasteiger partial charge in [-0.1, -0.05) is 18.2 Å². The van der Waals surface area contributed by atoms with E-state index in [0.717, 1.165) is 21.9 Å². The van der Waals surface area contributed by atoms with Crippen LogP contribution in [0.1, 0.15) is 0 Å². The molecule has 0 aliphatic carbocycles. The summed E-state index contributed by atoms with van der Waals surface area (Å²) in [5.74, 6) is -0.374. The molecule has 2 aromatic heterocycles. The average Bonchev–Trinajstić information content (AvgIpc) is 3.13. The lowest BCUT2D eigenvalue weighted by Gasteiger charge is -2.03. The minimum atomic E-state index is -1.56. The normalized spacial score (nSPS) is 17.5. The number of nitrogens with zero attached hydrogens (tertiary/aromatic N) is 3. The summed E-state index contributed by atoms with van der Waals surface area (Å²) in [5.41, 5.74) is 1.89. The Kier molecular flexibility index (Phi) is 2.87. The number of benzene rings is 1. The molecule has 3 heterocycles. The molecule has 1 unspecified atom stereocenters. The van der Waals surface area contributed by atoms with E-state index >= 15 is 0 Å². The van der Waals surface area contributed by atoms with Gasteiger partial charge in [-0.2, -0.15) is 5.10 Å². The fourth-order valence-electron chi connectivity index (χ4n) is 2.45. The van der Waals surface area contributed by atoms with E-state index in [0.29, 0.717) is 5.03 Å². The van der Waals surface area contributed by atoms with Crippen LogP contribution in [0, 0.1) is 0 Å². The maximum Gasteiger partial charge on any atom is 0.258 e. The number of aromatic nitrogens is 3. The van der Waals surface area contributed by atoms with Crippen LogP contribution in [0.2, 0.25) is 0 Å². The summed E-state index contributed by atoms with van der Waals surface area (Å²) in [6, 6.07) is 7.88. The number of rotatable bonds is 2. The van der Waals surface area contributed by atoms with Gasteiger partial charge in [-0.3, -0.25) is 14.5 Å². The number of carbonyl (C=O) groups excluding carboxylic acids is 1. The third kappa shape index (κ3) is 2.03. The van der Waals surface area contributed by atoms with Crippen LogP contribution in [0.4, 0.5) is 0 Å². The molecule has 1 aromatic carbocycles. The number of hydrogen-bond acceptors (Lipinski definition) is 4. The fourth-order valence-corrected chi connectivity index (χ4v) is 3.28. The Balaban J connectivity index is 1.83. The number of carbonyl (C=O) groups is 1. The number of pyridine rings is 1. The molecule has 1 amide bonds. The van der Waals surface area contributed by atoms with Crippen LogP contribution < -0.4 is 4.72 Å². The van der Waals surface area contributed by atoms with Crippen molar-refractivity contribution in [3.8, 4) is 11.1 Å². The summed E-state index contributed by atoms with van der Waals surface area (Å²) in [5, 5.41) is 6.64. The second-order valence-electron chi connectivity index (χ2n) is 4.79. The van der Waals surface area contributed by atoms with E-state index in [2.05, 4.69) is 14.8 Å². The summed E-state index contributed by atoms with van der Waals surface area (Å²) in [7, 11) is -1.56. The van der Waals surface area contributed by atoms with Gasteiger partial charge in [0.2, 0.25) is 0 Å². The lowest BCUT2D eigenvalue weighted by atomic mass is 10.0. The molecule has 22 heavy (non-hydrogen) atoms. The van der Waals surface area contributed by atoms with E-state index in [4.69, 9.17) is 0 Å². The zero-order chi connectivity index (χ0) is 15.1. The molecule has 0 saturated carbocycles. The zero-order valence-corrected chi connectivity index (χ0v) is 12.1. The van der Waals surface area contributed by atoms with Crippen molar-refractivity contribution < 1.29 is 9.00 Å². The SMILES string of the molecule is O=C1C=C(n2cc(-c3cccc4cnccc34)cn2)S(=O)N1. The van der Waals surface area contributed by atoms with Crippen LogP contribution in [0.5, 0.6) is 0 Å². The predicted octanol–water partition coefficient (Wildman–Crippen LogP) is 1.69. The second kappa shape index (κ2) is 4.88. The first kappa shape index (κ1) is 12.9. The van der Waals surface area contributed by atoms with Crippen molar-refractivity contribution in [3.63, 3.8) is 0 Å². The molecule has 0 radical (unpaired) electrons. The van der Waals surface area contributed by atoms with Crippen LogP contribution in [0.25, 0.3) is 26.9 Å². The third-order valence-corrected chi connectivity index (χ3v) is 4.51. The first-order chi connectivity index (χ1) is 10.7. The van der Waals surface area contributed by atoms with Crippen LogP contribution >= 0.6 is 0 Å². The van der Waals surface area contributed by atoms with Gasteiger partial charge in [0.25, 0.3) is 5.91 Å². The maximum absolute atomic E-state index is 11.8. The van der Waals surface area contributed by atoms with Crippen molar-refractivity contribution in [2.45, 2.75) is 0 Å². The molecule has 7 heteroatoms. The van der Waals surface area contributed by atoms with Crippen molar-refractivity contribution in [1.82, 2.24) is 19.5 Å². The van der Waals surface area contributed by atoms with Crippen molar-refractivity contribution >= 4 is 32.7 Å². The van der Waals surface area contributed by atoms with Gasteiger partial charge in [-0.15, -0.1) is 0 Å². The van der Waals surface area contributed by atoms with Gasteiger partial charge in [0.05, 0.1) is 6.20 Å². The maximum atomic E-state index is 11.8. The van der Waals surface area contributed by atoms with Gasteiger partial charge in [0.15, 0.2) is 16.0 Å². The Morgan fingerprint density at radius 2 is 2.09 bits per heavy atom. The van der Waals surface area contributed by atoms with Crippen LogP contribution in [-0.2, 0) is 15.8 Å². The van der Waals surface area contributed by atoms with Crippen molar-refractivity contribution in [2.24, 2.45) is 0 Å². The molecule has 1 atom stereocenters. The Labute approximate surface area is 128 Å². The topological polar surface area (TPSA) is 76.9 Å². The second-order valence-corrected chi connectivity index (χ2v) is 5.95. The van der Waals surface area contributed by atoms with Gasteiger partial charge < -0.3 is 0 Å². The summed E-state index contributed by atoms with van der Waals surface area (Å²) in [6.07, 6.45) is 8.29. The highest BCUT2D eigenvalue weighted by atomic mass is 32.2. The number of hydrogen-bond donors (Lipinski definition) is 1. The summed E-state index contributed by atoms with van der Waals surface area (Å²) >= 11 is 0. The molecule has 0 saturated heterocycles. The molecule has 0 bridgehead atoms. The summed E-state index contributed by atoms with van der Waals surface area (Å²) < 4.78 is 15.6. The molecule has 108 valence electrons. The van der Waals surface area contributed by atoms with E-state index in [1.807, 2.05) is 24.3 Å². The van der Waals surface area contributed by atoms with Gasteiger partial charge >= 0.3 is 0 Å². The monoisotopic (exact) mass is 310 g/mol. The van der Waals surface area contributed by atoms with E-state index < -0.39 is 11.0 Å². The van der Waals surface area contributed by atoms with Gasteiger partial charge in [-0.05, 0) is 17.0 Å². The quantitative estimate of drug-likeness (QED) is 0.781. The molecule has 1 N–H and O–H groups in total. The Morgan fingerprint density at radius 3 is 2.91 bits per heavy atom. The summed E-state index contributed by atoms with van der Waals surface area (Å²) in [6.45, 7) is 0. The summed E-state index contributed by atoms with van der Waals surface area (Å²) in [4.78, 5) is 15.4. The highest BCUT2D eigenvalue weighted by Gasteiger charge is 2.22. The minimum absolute atomic E-state index is 0.332. The van der Waals surface area contributed by atoms with Crippen LogP contribution in [0.15, 0.2) is 55.1 Å². The lowest BCUT2D eigenvalue weighted by molar-refractivity contribution is -0.114. The van der Waals surface area contributed by atoms with Gasteiger partial charge in [0.1, 0.15) is 0 Å². The molecule has 0 spiro atoms. The highest BCUT2D eigenvalue weighted by molar-refractivity contribution is 7.93. The van der Waals surface area contributed by atoms with E-state index in [1.165, 1.54) is 10.8 Å². The standard InChI is InChI=1S/C15H10N4O2S/c20-14-6-15(22(21)18-14)19-9-11(8-17-19)12-3-1-2-10-7-16-5-4-13(10)12/h1-9H,(H,18,20). The molecular formula is C15H10N4O2S. The van der Waals surface area contributed by atoms with Crippen molar-refractivity contribution in [2.75, 3.05) is 0 Å². The number of nitrogens with one attached hydrogen (secondary N) is 1. The molecular weight excluding hydrogens is 300 g/mol. The van der Waals surface area contributed by atoms with E-state index in [1.54, 1.807) is 24.8 Å². The van der Waals surface area contributed by atoms with Gasteiger partial charge in [-0.25, -0.2) is 8.89 Å². The molecule has 1 aliphatic heterocycles. The average molecular weight is 310 g/mol. The largest absolute Gasteiger partial charge is 0.269 e. The molecule has 6 nitrogen and oxygen atoms in total. The Bertz CT molecular complexity index is 956. The van der Waals surface area contributed by atoms with Crippen molar-refractivity contribution in [3.05, 3.63) is 55.1 Å². The van der Waals surface area contributed by atoms with Crippen molar-refractivity contribution in [1.29, 1.82) is 0 Å². The molecule has 3 aromatic rings. The van der Waals surface area contributed by atoms with E-state index in [-0.39, 0.29) is 5.91 Å². The minimum Gasteiger partial charge on any atom is -0.269 e.